The molecule has 9 heteroatoms. The number of amides is 1. The zero-order valence-electron chi connectivity index (χ0n) is 15.0. The van der Waals surface area contributed by atoms with Gasteiger partial charge in [0.1, 0.15) is 17.2 Å². The van der Waals surface area contributed by atoms with Crippen molar-refractivity contribution in [3.8, 4) is 0 Å². The predicted octanol–water partition coefficient (Wildman–Crippen LogP) is 2.55. The van der Waals surface area contributed by atoms with Gasteiger partial charge in [0.25, 0.3) is 0 Å². The van der Waals surface area contributed by atoms with E-state index in [1.54, 1.807) is 41.5 Å². The number of azide groups is 1. The minimum Gasteiger partial charge on any atom is -0.458 e. The van der Waals surface area contributed by atoms with Gasteiger partial charge in [-0.2, -0.15) is 0 Å². The molecule has 1 aliphatic rings. The Labute approximate surface area is 141 Å². The molecule has 1 aliphatic heterocycles. The number of nitrogens with one attached hydrogen (secondary N) is 1. The molecule has 1 N–H and O–H groups in total. The van der Waals surface area contributed by atoms with E-state index < -0.39 is 41.3 Å². The van der Waals surface area contributed by atoms with Crippen LogP contribution in [0.3, 0.4) is 0 Å². The summed E-state index contributed by atoms with van der Waals surface area (Å²) in [5.74, 6) is -1.15. The second-order valence-corrected chi connectivity index (χ2v) is 7.63. The number of alkyl carbamates (subject to hydrolysis) is 1. The lowest BCUT2D eigenvalue weighted by molar-refractivity contribution is -0.159. The molecule has 1 saturated heterocycles. The smallest absolute Gasteiger partial charge is 0.408 e. The first-order chi connectivity index (χ1) is 10.9. The van der Waals surface area contributed by atoms with E-state index in [-0.39, 0.29) is 13.2 Å². The largest absolute Gasteiger partial charge is 0.458 e. The van der Waals surface area contributed by atoms with Crippen LogP contribution in [0.25, 0.3) is 10.4 Å². The second kappa shape index (κ2) is 7.72. The lowest BCUT2D eigenvalue weighted by atomic mass is 9.95. The molecule has 1 amide bonds. The SMILES string of the molecule is CC(C)(C)OC(=O)NC(C(=O)OC(C)(C)C)[C@H]1COC[C@H]1N=[N+]=[N-]. The molecular weight excluding hydrogens is 316 g/mol. The Kier molecular flexibility index (Phi) is 6.45. The molecule has 3 atom stereocenters. The summed E-state index contributed by atoms with van der Waals surface area (Å²) in [5, 5.41) is 6.17. The van der Waals surface area contributed by atoms with Crippen LogP contribution < -0.4 is 5.32 Å². The molecular formula is C15H26N4O5. The number of rotatable bonds is 4. The van der Waals surface area contributed by atoms with Crippen LogP contribution in [0.1, 0.15) is 41.5 Å². The fourth-order valence-electron chi connectivity index (χ4n) is 2.20. The first kappa shape index (κ1) is 20.1. The number of hydrogen-bond donors (Lipinski definition) is 1. The van der Waals surface area contributed by atoms with Crippen LogP contribution in [0.2, 0.25) is 0 Å². The van der Waals surface area contributed by atoms with E-state index in [4.69, 9.17) is 19.7 Å². The zero-order chi connectivity index (χ0) is 18.5. The van der Waals surface area contributed by atoms with E-state index in [0.29, 0.717) is 0 Å². The van der Waals surface area contributed by atoms with Gasteiger partial charge in [0.15, 0.2) is 0 Å². The Bertz CT molecular complexity index is 517. The zero-order valence-corrected chi connectivity index (χ0v) is 15.0. The number of ether oxygens (including phenoxy) is 3. The van der Waals surface area contributed by atoms with Crippen LogP contribution in [-0.2, 0) is 19.0 Å². The highest BCUT2D eigenvalue weighted by molar-refractivity contribution is 5.82. The molecule has 1 heterocycles. The van der Waals surface area contributed by atoms with Crippen LogP contribution in [0.4, 0.5) is 4.79 Å². The average Bonchev–Trinajstić information content (AvgIpc) is 2.80. The van der Waals surface area contributed by atoms with Gasteiger partial charge in [-0.25, -0.2) is 9.59 Å². The minimum atomic E-state index is -1.03. The van der Waals surface area contributed by atoms with Gasteiger partial charge in [-0.3, -0.25) is 0 Å². The van der Waals surface area contributed by atoms with Crippen molar-refractivity contribution < 1.29 is 23.8 Å². The Hall–Kier alpha value is -1.99. The quantitative estimate of drug-likeness (QED) is 0.364. The standard InChI is InChI=1S/C15H26N4O5/c1-14(2,3)23-12(20)11(17-13(21)24-15(4,5)6)9-7-22-8-10(9)18-19-16/h9-11H,7-8H2,1-6H3,(H,17,21)/t9-,10+,11?/m0/s1. The number of carbonyl (C=O) groups excluding carboxylic acids is 2. The fourth-order valence-corrected chi connectivity index (χ4v) is 2.20. The van der Waals surface area contributed by atoms with Crippen LogP contribution in [0.5, 0.6) is 0 Å². The van der Waals surface area contributed by atoms with Crippen LogP contribution >= 0.6 is 0 Å². The first-order valence-corrected chi connectivity index (χ1v) is 7.77. The summed E-state index contributed by atoms with van der Waals surface area (Å²) in [7, 11) is 0. The molecule has 0 aromatic heterocycles. The van der Waals surface area contributed by atoms with E-state index >= 15 is 0 Å². The number of nitrogens with zero attached hydrogens (tertiary/aromatic N) is 3. The van der Waals surface area contributed by atoms with E-state index in [9.17, 15) is 9.59 Å². The van der Waals surface area contributed by atoms with Crippen LogP contribution in [0.15, 0.2) is 5.11 Å². The van der Waals surface area contributed by atoms with Crippen LogP contribution in [0, 0.1) is 5.92 Å². The summed E-state index contributed by atoms with van der Waals surface area (Å²) < 4.78 is 15.9. The number of carbonyl (C=O) groups is 2. The average molecular weight is 342 g/mol. The summed E-state index contributed by atoms with van der Waals surface area (Å²) in [5.41, 5.74) is 7.23. The van der Waals surface area contributed by atoms with Crippen molar-refractivity contribution in [1.82, 2.24) is 5.32 Å². The highest BCUT2D eigenvalue weighted by atomic mass is 16.6. The fraction of sp³-hybridized carbons (Fsp3) is 0.867. The monoisotopic (exact) mass is 342 g/mol. The van der Waals surface area contributed by atoms with E-state index in [1.165, 1.54) is 0 Å². The molecule has 9 nitrogen and oxygen atoms in total. The van der Waals surface area contributed by atoms with E-state index in [1.807, 2.05) is 0 Å². The molecule has 0 radical (unpaired) electrons. The summed E-state index contributed by atoms with van der Waals surface area (Å²) in [6.07, 6.45) is -0.745. The second-order valence-electron chi connectivity index (χ2n) is 7.63. The summed E-state index contributed by atoms with van der Waals surface area (Å²) in [4.78, 5) is 27.4. The van der Waals surface area contributed by atoms with Gasteiger partial charge in [0.2, 0.25) is 0 Å². The molecule has 136 valence electrons. The van der Waals surface area contributed by atoms with Gasteiger partial charge in [-0.15, -0.1) is 0 Å². The normalized spacial score (nSPS) is 22.2. The van der Waals surface area contributed by atoms with Crippen molar-refractivity contribution in [2.24, 2.45) is 11.0 Å². The predicted molar refractivity (Wildman–Crippen MR) is 86.2 cm³/mol. The molecule has 1 rings (SSSR count). The topological polar surface area (TPSA) is 123 Å². The molecule has 1 unspecified atom stereocenters. The van der Waals surface area contributed by atoms with Gasteiger partial charge in [-0.05, 0) is 47.1 Å². The van der Waals surface area contributed by atoms with Crippen molar-refractivity contribution in [3.63, 3.8) is 0 Å². The third kappa shape index (κ3) is 6.64. The summed E-state index contributed by atoms with van der Waals surface area (Å²) in [6.45, 7) is 10.7. The minimum absolute atomic E-state index is 0.170. The maximum Gasteiger partial charge on any atom is 0.408 e. The molecule has 0 aromatic rings. The first-order valence-electron chi connectivity index (χ1n) is 7.77. The van der Waals surface area contributed by atoms with Crippen molar-refractivity contribution in [2.75, 3.05) is 13.2 Å². The summed E-state index contributed by atoms with van der Waals surface area (Å²) in [6, 6.07) is -1.60. The van der Waals surface area contributed by atoms with Gasteiger partial charge in [0.05, 0.1) is 19.3 Å². The number of hydrogen-bond acceptors (Lipinski definition) is 6. The molecule has 0 aliphatic carbocycles. The highest BCUT2D eigenvalue weighted by Crippen LogP contribution is 2.24. The molecule has 0 bridgehead atoms. The van der Waals surface area contributed by atoms with Gasteiger partial charge >= 0.3 is 12.1 Å². The van der Waals surface area contributed by atoms with Gasteiger partial charge < -0.3 is 19.5 Å². The van der Waals surface area contributed by atoms with Crippen LogP contribution in [-0.4, -0.2) is 48.6 Å². The van der Waals surface area contributed by atoms with E-state index in [2.05, 4.69) is 15.3 Å². The van der Waals surface area contributed by atoms with Crippen molar-refractivity contribution in [1.29, 1.82) is 0 Å². The third-order valence-electron chi connectivity index (χ3n) is 3.05. The summed E-state index contributed by atoms with van der Waals surface area (Å²) >= 11 is 0. The highest BCUT2D eigenvalue weighted by Gasteiger charge is 2.41. The lowest BCUT2D eigenvalue weighted by Gasteiger charge is -2.29. The molecule has 0 aromatic carbocycles. The van der Waals surface area contributed by atoms with Crippen molar-refractivity contribution in [2.45, 2.75) is 64.8 Å². The van der Waals surface area contributed by atoms with Crippen molar-refractivity contribution >= 4 is 12.1 Å². The van der Waals surface area contributed by atoms with Crippen molar-refractivity contribution in [3.05, 3.63) is 10.4 Å². The third-order valence-corrected chi connectivity index (χ3v) is 3.05. The van der Waals surface area contributed by atoms with Gasteiger partial charge in [-0.1, -0.05) is 5.11 Å². The van der Waals surface area contributed by atoms with E-state index in [0.717, 1.165) is 0 Å². The maximum atomic E-state index is 12.5. The Morgan fingerprint density at radius 3 is 2.25 bits per heavy atom. The lowest BCUT2D eigenvalue weighted by Crippen LogP contribution is -2.52. The van der Waals surface area contributed by atoms with Gasteiger partial charge in [0, 0.05) is 10.8 Å². The Morgan fingerprint density at radius 1 is 1.17 bits per heavy atom. The number of esters is 1. The molecule has 24 heavy (non-hydrogen) atoms. The Morgan fingerprint density at radius 2 is 1.75 bits per heavy atom. The Balaban J connectivity index is 2.96. The maximum absolute atomic E-state index is 12.5. The molecule has 1 fully saturated rings. The molecule has 0 saturated carbocycles. The molecule has 0 spiro atoms.